The highest BCUT2D eigenvalue weighted by molar-refractivity contribution is 9.10. The van der Waals surface area contributed by atoms with Crippen LogP contribution in [0, 0.1) is 6.92 Å². The third kappa shape index (κ3) is 5.69. The number of pyridine rings is 1. The number of piperidine rings is 2. The van der Waals surface area contributed by atoms with E-state index in [2.05, 4.69) is 62.5 Å². The highest BCUT2D eigenvalue weighted by atomic mass is 79.9. The number of amides is 1. The van der Waals surface area contributed by atoms with Crippen LogP contribution in [0.2, 0.25) is 0 Å². The van der Waals surface area contributed by atoms with E-state index >= 15 is 0 Å². The number of para-hydroxylation sites is 1. The number of aryl methyl sites for hydroxylation is 1. The van der Waals surface area contributed by atoms with Gasteiger partial charge in [0.15, 0.2) is 0 Å². The Morgan fingerprint density at radius 1 is 1.08 bits per heavy atom. The van der Waals surface area contributed by atoms with Crippen LogP contribution in [0.25, 0.3) is 16.6 Å². The van der Waals surface area contributed by atoms with Crippen LogP contribution in [0.15, 0.2) is 58.6 Å². The lowest BCUT2D eigenvalue weighted by Crippen LogP contribution is -2.56. The monoisotopic (exact) mass is 592 g/mol. The first-order valence-electron chi connectivity index (χ1n) is 13.8. The molecule has 3 heterocycles. The molecule has 0 radical (unpaired) electrons. The number of rotatable bonds is 6. The van der Waals surface area contributed by atoms with E-state index in [4.69, 9.17) is 4.84 Å². The van der Waals surface area contributed by atoms with Gasteiger partial charge in [-0.25, -0.2) is 4.98 Å². The number of hydrogen-bond acceptors (Lipinski definition) is 6. The standard InChI is InChI=1S/C31H37BrN4O3/c1-4-39-34-28(22-9-11-24(32)12-10-22)23-13-17-36(18-14-23)31(3)15-19-35(20-16-31)30(38)27-25-7-5-6-8-26(25)33-21(2)29(27)37/h5-12,34,37H,4,13-20H2,1-3H3. The Morgan fingerprint density at radius 3 is 2.41 bits per heavy atom. The van der Waals surface area contributed by atoms with Crippen molar-refractivity contribution in [3.63, 3.8) is 0 Å². The molecule has 0 spiro atoms. The fourth-order valence-corrected chi connectivity index (χ4v) is 6.13. The first kappa shape index (κ1) is 27.6. The van der Waals surface area contributed by atoms with Gasteiger partial charge in [0.2, 0.25) is 0 Å². The van der Waals surface area contributed by atoms with E-state index in [0.29, 0.717) is 36.3 Å². The number of carbonyl (C=O) groups excluding carboxylic acids is 1. The minimum Gasteiger partial charge on any atom is -0.505 e. The lowest BCUT2D eigenvalue weighted by molar-refractivity contribution is 0.0256. The molecular formula is C31H37BrN4O3. The third-order valence-corrected chi connectivity index (χ3v) is 8.85. The molecule has 2 fully saturated rings. The molecule has 0 saturated carbocycles. The fourth-order valence-electron chi connectivity index (χ4n) is 5.87. The molecule has 2 aromatic carbocycles. The number of carbonyl (C=O) groups is 1. The molecule has 0 atom stereocenters. The van der Waals surface area contributed by atoms with Gasteiger partial charge in [0.05, 0.1) is 29.1 Å². The van der Waals surface area contributed by atoms with Crippen LogP contribution in [0.1, 0.15) is 61.1 Å². The van der Waals surface area contributed by atoms with Crippen molar-refractivity contribution < 1.29 is 14.7 Å². The van der Waals surface area contributed by atoms with Gasteiger partial charge in [-0.05, 0) is 75.8 Å². The molecule has 5 rings (SSSR count). The fraction of sp³-hybridized carbons (Fsp3) is 0.419. The number of nitrogens with one attached hydrogen (secondary N) is 1. The summed E-state index contributed by atoms with van der Waals surface area (Å²) in [5.41, 5.74) is 8.43. The summed E-state index contributed by atoms with van der Waals surface area (Å²) in [4.78, 5) is 28.2. The second-order valence-electron chi connectivity index (χ2n) is 10.7. The zero-order valence-corrected chi connectivity index (χ0v) is 24.6. The summed E-state index contributed by atoms with van der Waals surface area (Å²) < 4.78 is 1.06. The smallest absolute Gasteiger partial charge is 0.258 e. The summed E-state index contributed by atoms with van der Waals surface area (Å²) in [6, 6.07) is 15.9. The van der Waals surface area contributed by atoms with Gasteiger partial charge in [-0.2, -0.15) is 0 Å². The molecule has 7 nitrogen and oxygen atoms in total. The number of nitrogens with zero attached hydrogens (tertiary/aromatic N) is 3. The lowest BCUT2D eigenvalue weighted by Gasteiger charge is -2.48. The number of hydroxylamine groups is 1. The number of hydrogen-bond donors (Lipinski definition) is 2. The molecule has 0 aliphatic carbocycles. The molecule has 1 aromatic heterocycles. The average molecular weight is 594 g/mol. The van der Waals surface area contributed by atoms with Crippen LogP contribution in [0.5, 0.6) is 5.75 Å². The molecule has 2 aliphatic rings. The first-order valence-corrected chi connectivity index (χ1v) is 14.6. The van der Waals surface area contributed by atoms with E-state index in [0.717, 1.165) is 60.0 Å². The second kappa shape index (κ2) is 11.7. The van der Waals surface area contributed by atoms with Crippen LogP contribution in [0.3, 0.4) is 0 Å². The Balaban J connectivity index is 1.27. The normalized spacial score (nSPS) is 17.8. The summed E-state index contributed by atoms with van der Waals surface area (Å²) in [7, 11) is 0. The number of benzene rings is 2. The van der Waals surface area contributed by atoms with Gasteiger partial charge in [-0.3, -0.25) is 20.0 Å². The third-order valence-electron chi connectivity index (χ3n) is 8.32. The summed E-state index contributed by atoms with van der Waals surface area (Å²) in [5, 5.41) is 11.5. The van der Waals surface area contributed by atoms with Crippen molar-refractivity contribution in [2.45, 2.75) is 52.0 Å². The minimum atomic E-state index is -0.110. The number of likely N-dealkylation sites (tertiary alicyclic amines) is 2. The van der Waals surface area contributed by atoms with Gasteiger partial charge in [0.25, 0.3) is 5.91 Å². The van der Waals surface area contributed by atoms with Crippen molar-refractivity contribution in [1.29, 1.82) is 0 Å². The molecule has 2 saturated heterocycles. The van der Waals surface area contributed by atoms with E-state index in [9.17, 15) is 9.90 Å². The molecule has 0 bridgehead atoms. The van der Waals surface area contributed by atoms with E-state index < -0.39 is 0 Å². The van der Waals surface area contributed by atoms with Crippen LogP contribution in [-0.2, 0) is 4.84 Å². The van der Waals surface area contributed by atoms with Crippen molar-refractivity contribution in [3.8, 4) is 5.75 Å². The first-order chi connectivity index (χ1) is 18.8. The Hall–Kier alpha value is -2.94. The second-order valence-corrected chi connectivity index (χ2v) is 11.7. The molecule has 2 N–H and O–H groups in total. The van der Waals surface area contributed by atoms with Gasteiger partial charge in [0, 0.05) is 41.6 Å². The molecule has 39 heavy (non-hydrogen) atoms. The maximum atomic E-state index is 13.6. The summed E-state index contributed by atoms with van der Waals surface area (Å²) in [5.74, 6) is -0.120. The van der Waals surface area contributed by atoms with Crippen molar-refractivity contribution in [2.24, 2.45) is 0 Å². The summed E-state index contributed by atoms with van der Waals surface area (Å²) in [6.07, 6.45) is 3.74. The van der Waals surface area contributed by atoms with Crippen molar-refractivity contribution >= 4 is 38.4 Å². The van der Waals surface area contributed by atoms with Gasteiger partial charge in [0.1, 0.15) is 5.75 Å². The van der Waals surface area contributed by atoms with Gasteiger partial charge >= 0.3 is 0 Å². The summed E-state index contributed by atoms with van der Waals surface area (Å²) >= 11 is 3.53. The van der Waals surface area contributed by atoms with Crippen LogP contribution in [-0.4, -0.2) is 64.1 Å². The molecule has 0 unspecified atom stereocenters. The zero-order chi connectivity index (χ0) is 27.6. The molecular weight excluding hydrogens is 556 g/mol. The SMILES string of the molecule is CCONC(=C1CCN(C2(C)CCN(C(=O)c3c(O)c(C)nc4ccccc34)CC2)CC1)c1ccc(Br)cc1. The zero-order valence-electron chi connectivity index (χ0n) is 23.0. The maximum absolute atomic E-state index is 13.6. The Morgan fingerprint density at radius 2 is 1.74 bits per heavy atom. The topological polar surface area (TPSA) is 77.9 Å². The molecule has 1 amide bonds. The van der Waals surface area contributed by atoms with Crippen molar-refractivity contribution in [1.82, 2.24) is 20.3 Å². The number of fused-ring (bicyclic) bond motifs is 1. The quantitative estimate of drug-likeness (QED) is 0.339. The van der Waals surface area contributed by atoms with Crippen LogP contribution in [0.4, 0.5) is 0 Å². The Kier molecular flexibility index (Phi) is 8.26. The van der Waals surface area contributed by atoms with Crippen LogP contribution >= 0.6 is 15.9 Å². The number of aromatic nitrogens is 1. The summed E-state index contributed by atoms with van der Waals surface area (Å²) in [6.45, 7) is 9.94. The van der Waals surface area contributed by atoms with Crippen LogP contribution < -0.4 is 5.48 Å². The average Bonchev–Trinajstić information content (AvgIpc) is 2.95. The van der Waals surface area contributed by atoms with Gasteiger partial charge in [-0.1, -0.05) is 46.3 Å². The van der Waals surface area contributed by atoms with E-state index in [1.54, 1.807) is 6.92 Å². The van der Waals surface area contributed by atoms with Gasteiger partial charge < -0.3 is 10.0 Å². The van der Waals surface area contributed by atoms with E-state index in [1.807, 2.05) is 36.1 Å². The maximum Gasteiger partial charge on any atom is 0.258 e. The Bertz CT molecular complexity index is 1370. The largest absolute Gasteiger partial charge is 0.505 e. The molecule has 206 valence electrons. The molecule has 3 aromatic rings. The van der Waals surface area contributed by atoms with E-state index in [1.165, 1.54) is 5.57 Å². The Labute approximate surface area is 238 Å². The molecule has 8 heteroatoms. The predicted octanol–water partition coefficient (Wildman–Crippen LogP) is 6.05. The highest BCUT2D eigenvalue weighted by Crippen LogP contribution is 2.36. The number of halogens is 1. The molecule has 2 aliphatic heterocycles. The number of aromatic hydroxyl groups is 1. The lowest BCUT2D eigenvalue weighted by atomic mass is 9.84. The van der Waals surface area contributed by atoms with Crippen molar-refractivity contribution in [3.05, 3.63) is 75.4 Å². The van der Waals surface area contributed by atoms with Crippen molar-refractivity contribution in [2.75, 3.05) is 32.8 Å². The van der Waals surface area contributed by atoms with E-state index in [-0.39, 0.29) is 17.2 Å². The highest BCUT2D eigenvalue weighted by Gasteiger charge is 2.39. The minimum absolute atomic E-state index is 0.00961. The van der Waals surface area contributed by atoms with Gasteiger partial charge in [-0.15, -0.1) is 0 Å². The predicted molar refractivity (Wildman–Crippen MR) is 158 cm³/mol.